The van der Waals surface area contributed by atoms with Crippen molar-refractivity contribution < 1.29 is 18.7 Å². The molecule has 1 aromatic carbocycles. The van der Waals surface area contributed by atoms with Gasteiger partial charge in [0.05, 0.1) is 7.11 Å². The predicted octanol–water partition coefficient (Wildman–Crippen LogP) is 1.79. The van der Waals surface area contributed by atoms with Gasteiger partial charge in [-0.25, -0.2) is 9.18 Å². The number of halogens is 1. The summed E-state index contributed by atoms with van der Waals surface area (Å²) in [6.07, 6.45) is 1.80. The van der Waals surface area contributed by atoms with Crippen LogP contribution in [0.3, 0.4) is 0 Å². The van der Waals surface area contributed by atoms with Gasteiger partial charge in [-0.05, 0) is 49.4 Å². The Labute approximate surface area is 111 Å². The van der Waals surface area contributed by atoms with Crippen LogP contribution in [0.2, 0.25) is 0 Å². The highest BCUT2D eigenvalue weighted by Crippen LogP contribution is 2.39. The summed E-state index contributed by atoms with van der Waals surface area (Å²) in [6.45, 7) is 1.78. The monoisotopic (exact) mass is 267 g/mol. The Balaban J connectivity index is 2.09. The van der Waals surface area contributed by atoms with E-state index >= 15 is 0 Å². The van der Waals surface area contributed by atoms with E-state index in [0.29, 0.717) is 11.3 Å². The minimum Gasteiger partial charge on any atom is -0.491 e. The number of ether oxygens (including phenoxy) is 2. The van der Waals surface area contributed by atoms with Crippen molar-refractivity contribution in [1.82, 2.24) is 0 Å². The first kappa shape index (κ1) is 13.8. The predicted molar refractivity (Wildman–Crippen MR) is 68.3 cm³/mol. The standard InChI is InChI=1S/C14H18FNO3/c1-9-7-11(15)5-6-12(9)19-8-14(16,10-3-4-10)13(17)18-2/h5-7,10H,3-4,8,16H2,1-2H3. The van der Waals surface area contributed by atoms with Crippen molar-refractivity contribution in [2.45, 2.75) is 25.3 Å². The van der Waals surface area contributed by atoms with Crippen LogP contribution < -0.4 is 10.5 Å². The quantitative estimate of drug-likeness (QED) is 0.826. The SMILES string of the molecule is COC(=O)C(N)(COc1ccc(F)cc1C)C1CC1. The van der Waals surface area contributed by atoms with Crippen molar-refractivity contribution >= 4 is 5.97 Å². The van der Waals surface area contributed by atoms with Crippen molar-refractivity contribution in [3.05, 3.63) is 29.6 Å². The van der Waals surface area contributed by atoms with Crippen LogP contribution in [0.15, 0.2) is 18.2 Å². The maximum absolute atomic E-state index is 13.0. The Morgan fingerprint density at radius 2 is 2.21 bits per heavy atom. The van der Waals surface area contributed by atoms with Crippen molar-refractivity contribution in [3.8, 4) is 5.75 Å². The van der Waals surface area contributed by atoms with E-state index in [1.807, 2.05) is 0 Å². The lowest BCUT2D eigenvalue weighted by atomic mass is 9.96. The second kappa shape index (κ2) is 5.17. The smallest absolute Gasteiger partial charge is 0.329 e. The van der Waals surface area contributed by atoms with Crippen molar-refractivity contribution in [1.29, 1.82) is 0 Å². The molecule has 0 heterocycles. The Morgan fingerprint density at radius 3 is 2.74 bits per heavy atom. The number of benzene rings is 1. The molecule has 1 unspecified atom stereocenters. The Morgan fingerprint density at radius 1 is 1.53 bits per heavy atom. The van der Waals surface area contributed by atoms with E-state index in [1.165, 1.54) is 25.3 Å². The number of rotatable bonds is 5. The Kier molecular flexibility index (Phi) is 3.75. The molecule has 0 bridgehead atoms. The van der Waals surface area contributed by atoms with E-state index in [1.54, 1.807) is 6.92 Å². The molecule has 1 saturated carbocycles. The first-order chi connectivity index (χ1) is 8.97. The molecule has 0 spiro atoms. The fourth-order valence-corrected chi connectivity index (χ4v) is 2.10. The highest BCUT2D eigenvalue weighted by Gasteiger charge is 2.49. The molecule has 1 aliphatic carbocycles. The number of carbonyl (C=O) groups excluding carboxylic acids is 1. The summed E-state index contributed by atoms with van der Waals surface area (Å²) in [5.41, 5.74) is 5.67. The lowest BCUT2D eigenvalue weighted by molar-refractivity contribution is -0.149. The van der Waals surface area contributed by atoms with Crippen LogP contribution in [0, 0.1) is 18.7 Å². The van der Waals surface area contributed by atoms with Crippen LogP contribution in [0.4, 0.5) is 4.39 Å². The van der Waals surface area contributed by atoms with Crippen molar-refractivity contribution in [2.75, 3.05) is 13.7 Å². The van der Waals surface area contributed by atoms with Crippen LogP contribution in [0.5, 0.6) is 5.75 Å². The number of nitrogens with two attached hydrogens (primary N) is 1. The van der Waals surface area contributed by atoms with Crippen molar-refractivity contribution in [2.24, 2.45) is 11.7 Å². The summed E-state index contributed by atoms with van der Waals surface area (Å²) >= 11 is 0. The van der Waals surface area contributed by atoms with Gasteiger partial charge in [0.1, 0.15) is 18.2 Å². The maximum atomic E-state index is 13.0. The van der Waals surface area contributed by atoms with Gasteiger partial charge < -0.3 is 15.2 Å². The second-order valence-corrected chi connectivity index (χ2v) is 5.00. The maximum Gasteiger partial charge on any atom is 0.329 e. The topological polar surface area (TPSA) is 61.5 Å². The molecule has 1 atom stereocenters. The van der Waals surface area contributed by atoms with Crippen LogP contribution >= 0.6 is 0 Å². The summed E-state index contributed by atoms with van der Waals surface area (Å²) in [5.74, 6) is -0.157. The van der Waals surface area contributed by atoms with Crippen LogP contribution in [-0.2, 0) is 9.53 Å². The summed E-state index contributed by atoms with van der Waals surface area (Å²) in [4.78, 5) is 11.8. The number of hydrogen-bond acceptors (Lipinski definition) is 4. The lowest BCUT2D eigenvalue weighted by Crippen LogP contribution is -2.55. The molecule has 2 N–H and O–H groups in total. The van der Waals surface area contributed by atoms with E-state index in [4.69, 9.17) is 15.2 Å². The van der Waals surface area contributed by atoms with Crippen LogP contribution in [0.1, 0.15) is 18.4 Å². The van der Waals surface area contributed by atoms with Gasteiger partial charge in [0.15, 0.2) is 5.54 Å². The van der Waals surface area contributed by atoms with Gasteiger partial charge in [0, 0.05) is 0 Å². The number of hydrogen-bond donors (Lipinski definition) is 1. The molecule has 0 saturated heterocycles. The minimum atomic E-state index is -1.12. The van der Waals surface area contributed by atoms with Gasteiger partial charge in [-0.3, -0.25) is 0 Å². The van der Waals surface area contributed by atoms with Gasteiger partial charge >= 0.3 is 5.97 Å². The van der Waals surface area contributed by atoms with Crippen molar-refractivity contribution in [3.63, 3.8) is 0 Å². The molecule has 19 heavy (non-hydrogen) atoms. The van der Waals surface area contributed by atoms with Gasteiger partial charge in [0.25, 0.3) is 0 Å². The molecule has 0 aliphatic heterocycles. The molecule has 4 nitrogen and oxygen atoms in total. The summed E-state index contributed by atoms with van der Waals surface area (Å²) in [6, 6.07) is 4.23. The third kappa shape index (κ3) is 2.87. The molecule has 104 valence electrons. The zero-order valence-electron chi connectivity index (χ0n) is 11.1. The number of methoxy groups -OCH3 is 1. The molecule has 5 heteroatoms. The molecule has 1 aliphatic rings. The Hall–Kier alpha value is -1.62. The molecule has 0 aromatic heterocycles. The molecule has 0 amide bonds. The molecular formula is C14H18FNO3. The first-order valence-corrected chi connectivity index (χ1v) is 6.23. The Bertz CT molecular complexity index is 488. The average molecular weight is 267 g/mol. The van der Waals surface area contributed by atoms with E-state index in [2.05, 4.69) is 0 Å². The average Bonchev–Trinajstić information content (AvgIpc) is 3.21. The molecule has 0 radical (unpaired) electrons. The van der Waals surface area contributed by atoms with E-state index in [-0.39, 0.29) is 18.3 Å². The largest absolute Gasteiger partial charge is 0.491 e. The first-order valence-electron chi connectivity index (χ1n) is 6.23. The molecule has 2 rings (SSSR count). The zero-order chi connectivity index (χ0) is 14.0. The highest BCUT2D eigenvalue weighted by molar-refractivity contribution is 5.81. The highest BCUT2D eigenvalue weighted by atomic mass is 19.1. The van der Waals surface area contributed by atoms with Gasteiger partial charge in [0.2, 0.25) is 0 Å². The molecule has 1 aromatic rings. The van der Waals surface area contributed by atoms with E-state index < -0.39 is 11.5 Å². The summed E-state index contributed by atoms with van der Waals surface area (Å²) < 4.78 is 23.3. The zero-order valence-corrected chi connectivity index (χ0v) is 11.1. The fourth-order valence-electron chi connectivity index (χ4n) is 2.10. The van der Waals surface area contributed by atoms with E-state index in [0.717, 1.165) is 12.8 Å². The minimum absolute atomic E-state index is 0.0385. The summed E-state index contributed by atoms with van der Waals surface area (Å²) in [5, 5.41) is 0. The second-order valence-electron chi connectivity index (χ2n) is 5.00. The number of aryl methyl sites for hydroxylation is 1. The van der Waals surface area contributed by atoms with E-state index in [9.17, 15) is 9.18 Å². The van der Waals surface area contributed by atoms with Crippen LogP contribution in [0.25, 0.3) is 0 Å². The number of esters is 1. The van der Waals surface area contributed by atoms with Gasteiger partial charge in [-0.1, -0.05) is 0 Å². The summed E-state index contributed by atoms with van der Waals surface area (Å²) in [7, 11) is 1.31. The van der Waals surface area contributed by atoms with Gasteiger partial charge in [-0.2, -0.15) is 0 Å². The third-order valence-corrected chi connectivity index (χ3v) is 3.47. The number of carbonyl (C=O) groups is 1. The van der Waals surface area contributed by atoms with Crippen LogP contribution in [-0.4, -0.2) is 25.2 Å². The van der Waals surface area contributed by atoms with Gasteiger partial charge in [-0.15, -0.1) is 0 Å². The lowest BCUT2D eigenvalue weighted by Gasteiger charge is -2.26. The molecular weight excluding hydrogens is 249 g/mol. The third-order valence-electron chi connectivity index (χ3n) is 3.47. The fraction of sp³-hybridized carbons (Fsp3) is 0.500. The normalized spacial score (nSPS) is 17.7. The molecule has 1 fully saturated rings.